The maximum Gasteiger partial charge on any atom is 0.253 e. The summed E-state index contributed by atoms with van der Waals surface area (Å²) in [7, 11) is 0. The Hall–Kier alpha value is -1.44. The molecule has 2 aromatic rings. The number of hydrogen-bond acceptors (Lipinski definition) is 4. The highest BCUT2D eigenvalue weighted by atomic mass is 79.9. The highest BCUT2D eigenvalue weighted by molar-refractivity contribution is 9.13. The van der Waals surface area contributed by atoms with Crippen LogP contribution in [0.25, 0.3) is 0 Å². The van der Waals surface area contributed by atoms with Crippen LogP contribution in [-0.2, 0) is 4.74 Å². The lowest BCUT2D eigenvalue weighted by atomic mass is 9.97. The molecule has 0 bridgehead atoms. The molecule has 1 aromatic carbocycles. The smallest absolute Gasteiger partial charge is 0.253 e. The van der Waals surface area contributed by atoms with Gasteiger partial charge in [0.2, 0.25) is 0 Å². The van der Waals surface area contributed by atoms with Gasteiger partial charge in [0, 0.05) is 40.6 Å². The fourth-order valence-corrected chi connectivity index (χ4v) is 3.84. The van der Waals surface area contributed by atoms with E-state index in [4.69, 9.17) is 4.74 Å². The van der Waals surface area contributed by atoms with Crippen molar-refractivity contribution in [1.82, 2.24) is 10.3 Å². The second-order valence-corrected chi connectivity index (χ2v) is 9.04. The van der Waals surface area contributed by atoms with Gasteiger partial charge in [-0.1, -0.05) is 13.8 Å². The molecule has 2 N–H and O–H groups in total. The molecule has 0 radical (unpaired) electrons. The maximum atomic E-state index is 12.8. The monoisotopic (exact) mass is 509 g/mol. The molecule has 1 aliphatic rings. The highest BCUT2D eigenvalue weighted by Gasteiger charge is 2.19. The number of pyridine rings is 1. The molecule has 1 aliphatic heterocycles. The number of amides is 1. The molecule has 1 amide bonds. The van der Waals surface area contributed by atoms with Crippen LogP contribution in [0, 0.1) is 5.92 Å². The minimum atomic E-state index is -0.0550. The van der Waals surface area contributed by atoms with Crippen LogP contribution < -0.4 is 10.6 Å². The van der Waals surface area contributed by atoms with Crippen LogP contribution in [0.5, 0.6) is 0 Å². The van der Waals surface area contributed by atoms with Gasteiger partial charge in [-0.3, -0.25) is 4.79 Å². The Morgan fingerprint density at radius 3 is 2.64 bits per heavy atom. The number of ether oxygens (including phenoxy) is 1. The van der Waals surface area contributed by atoms with E-state index in [1.807, 2.05) is 24.3 Å². The standard InChI is InChI=1S/C21H25Br2N3O2/c1-13(2)16-10-20(26-15-3-4-18(22)19(23)9-15)24-12-17(16)21(27)25-11-14-5-7-28-8-6-14/h3-4,9-10,12-14H,5-8,11H2,1-2H3,(H,24,26)(H,25,27). The second-order valence-electron chi connectivity index (χ2n) is 7.33. The Labute approximate surface area is 182 Å². The first-order valence-electron chi connectivity index (χ1n) is 9.52. The van der Waals surface area contributed by atoms with Crippen LogP contribution >= 0.6 is 31.9 Å². The van der Waals surface area contributed by atoms with E-state index >= 15 is 0 Å². The Bertz CT molecular complexity index is 836. The quantitative estimate of drug-likeness (QED) is 0.528. The van der Waals surface area contributed by atoms with E-state index in [0.29, 0.717) is 18.0 Å². The number of nitrogens with zero attached hydrogens (tertiary/aromatic N) is 1. The molecule has 7 heteroatoms. The van der Waals surface area contributed by atoms with Crippen molar-refractivity contribution >= 4 is 49.3 Å². The first-order valence-corrected chi connectivity index (χ1v) is 11.1. The second kappa shape index (κ2) is 9.85. The molecule has 3 rings (SSSR count). The lowest BCUT2D eigenvalue weighted by Gasteiger charge is -2.22. The number of rotatable bonds is 6. The van der Waals surface area contributed by atoms with E-state index in [-0.39, 0.29) is 11.8 Å². The predicted molar refractivity (Wildman–Crippen MR) is 119 cm³/mol. The normalized spacial score (nSPS) is 14.9. The van der Waals surface area contributed by atoms with E-state index in [1.165, 1.54) is 0 Å². The van der Waals surface area contributed by atoms with E-state index < -0.39 is 0 Å². The van der Waals surface area contributed by atoms with Crippen molar-refractivity contribution in [3.8, 4) is 0 Å². The van der Waals surface area contributed by atoms with E-state index in [2.05, 4.69) is 61.3 Å². The van der Waals surface area contributed by atoms with Crippen molar-refractivity contribution < 1.29 is 9.53 Å². The number of benzene rings is 1. The maximum absolute atomic E-state index is 12.8. The van der Waals surface area contributed by atoms with Crippen molar-refractivity contribution in [3.63, 3.8) is 0 Å². The average Bonchev–Trinajstić information content (AvgIpc) is 2.69. The molecule has 28 heavy (non-hydrogen) atoms. The minimum Gasteiger partial charge on any atom is -0.381 e. The number of carbonyl (C=O) groups excluding carboxylic acids is 1. The molecule has 0 aliphatic carbocycles. The van der Waals surface area contributed by atoms with Crippen LogP contribution in [0.1, 0.15) is 48.5 Å². The van der Waals surface area contributed by atoms with Gasteiger partial charge in [-0.2, -0.15) is 0 Å². The summed E-state index contributed by atoms with van der Waals surface area (Å²) >= 11 is 6.98. The number of carbonyl (C=O) groups is 1. The van der Waals surface area contributed by atoms with Gasteiger partial charge < -0.3 is 15.4 Å². The van der Waals surface area contributed by atoms with Gasteiger partial charge in [-0.25, -0.2) is 4.98 Å². The molecule has 0 unspecified atom stereocenters. The zero-order valence-corrected chi connectivity index (χ0v) is 19.3. The molecule has 2 heterocycles. The van der Waals surface area contributed by atoms with Gasteiger partial charge in [0.05, 0.1) is 5.56 Å². The van der Waals surface area contributed by atoms with E-state index in [0.717, 1.165) is 52.1 Å². The number of halogens is 2. The van der Waals surface area contributed by atoms with Crippen LogP contribution in [0.4, 0.5) is 11.5 Å². The molecule has 1 fully saturated rings. The van der Waals surface area contributed by atoms with Gasteiger partial charge in [0.1, 0.15) is 5.82 Å². The topological polar surface area (TPSA) is 63.2 Å². The van der Waals surface area contributed by atoms with E-state index in [9.17, 15) is 4.79 Å². The molecule has 5 nitrogen and oxygen atoms in total. The summed E-state index contributed by atoms with van der Waals surface area (Å²) in [6.07, 6.45) is 3.67. The zero-order valence-electron chi connectivity index (χ0n) is 16.1. The third kappa shape index (κ3) is 5.55. The average molecular weight is 511 g/mol. The summed E-state index contributed by atoms with van der Waals surface area (Å²) in [5.41, 5.74) is 2.55. The summed E-state index contributed by atoms with van der Waals surface area (Å²) in [5.74, 6) is 1.37. The zero-order chi connectivity index (χ0) is 20.1. The molecule has 0 saturated carbocycles. The van der Waals surface area contributed by atoms with Crippen molar-refractivity contribution in [2.75, 3.05) is 25.1 Å². The van der Waals surface area contributed by atoms with Crippen molar-refractivity contribution in [2.45, 2.75) is 32.6 Å². The first-order chi connectivity index (χ1) is 13.4. The van der Waals surface area contributed by atoms with Gasteiger partial charge >= 0.3 is 0 Å². The van der Waals surface area contributed by atoms with Gasteiger partial charge in [0.15, 0.2) is 0 Å². The summed E-state index contributed by atoms with van der Waals surface area (Å²) in [5, 5.41) is 6.39. The summed E-state index contributed by atoms with van der Waals surface area (Å²) in [6.45, 7) is 6.43. The Morgan fingerprint density at radius 1 is 1.21 bits per heavy atom. The number of nitrogens with one attached hydrogen (secondary N) is 2. The Kier molecular flexibility index (Phi) is 7.48. The predicted octanol–water partition coefficient (Wildman–Crippen LogP) is 5.63. The van der Waals surface area contributed by atoms with Crippen LogP contribution in [0.15, 0.2) is 39.4 Å². The lowest BCUT2D eigenvalue weighted by molar-refractivity contribution is 0.0642. The molecular formula is C21H25Br2N3O2. The molecule has 0 spiro atoms. The van der Waals surface area contributed by atoms with Crippen molar-refractivity contribution in [2.24, 2.45) is 5.92 Å². The fourth-order valence-electron chi connectivity index (χ4n) is 3.21. The highest BCUT2D eigenvalue weighted by Crippen LogP contribution is 2.29. The third-order valence-corrected chi connectivity index (χ3v) is 6.77. The largest absolute Gasteiger partial charge is 0.381 e. The van der Waals surface area contributed by atoms with Gasteiger partial charge in [-0.15, -0.1) is 0 Å². The van der Waals surface area contributed by atoms with Gasteiger partial charge in [0.25, 0.3) is 5.91 Å². The Morgan fingerprint density at radius 2 is 1.96 bits per heavy atom. The van der Waals surface area contributed by atoms with Crippen LogP contribution in [0.3, 0.4) is 0 Å². The molecule has 1 saturated heterocycles. The van der Waals surface area contributed by atoms with Crippen LogP contribution in [0.2, 0.25) is 0 Å². The minimum absolute atomic E-state index is 0.0550. The number of hydrogen-bond donors (Lipinski definition) is 2. The number of anilines is 2. The lowest BCUT2D eigenvalue weighted by Crippen LogP contribution is -2.32. The summed E-state index contributed by atoms with van der Waals surface area (Å²) in [4.78, 5) is 17.2. The molecule has 0 atom stereocenters. The SMILES string of the molecule is CC(C)c1cc(Nc2ccc(Br)c(Br)c2)ncc1C(=O)NCC1CCOCC1. The summed E-state index contributed by atoms with van der Waals surface area (Å²) in [6, 6.07) is 7.88. The van der Waals surface area contributed by atoms with Gasteiger partial charge in [-0.05, 0) is 86.4 Å². The van der Waals surface area contributed by atoms with Crippen molar-refractivity contribution in [1.29, 1.82) is 0 Å². The number of aromatic nitrogens is 1. The molecular weight excluding hydrogens is 486 g/mol. The molecule has 1 aromatic heterocycles. The molecule has 150 valence electrons. The first kappa shape index (κ1) is 21.3. The van der Waals surface area contributed by atoms with E-state index in [1.54, 1.807) is 6.20 Å². The fraction of sp³-hybridized carbons (Fsp3) is 0.429. The third-order valence-electron chi connectivity index (χ3n) is 4.89. The summed E-state index contributed by atoms with van der Waals surface area (Å²) < 4.78 is 7.34. The van der Waals surface area contributed by atoms with Crippen molar-refractivity contribution in [3.05, 3.63) is 50.5 Å². The Balaban J connectivity index is 1.72. The van der Waals surface area contributed by atoms with Crippen LogP contribution in [-0.4, -0.2) is 30.6 Å².